The number of hydrogen-bond donors (Lipinski definition) is 1. The Bertz CT molecular complexity index is 555. The standard InChI is InChI=1S/C15H16ClFN2/c1-2-19(13-8-6-12(18)7-9-13)10-11-4-3-5-14(16)15(11)17/h3-9H,2,10,18H2,1H3. The van der Waals surface area contributed by atoms with Crippen LogP contribution in [0.15, 0.2) is 42.5 Å². The highest BCUT2D eigenvalue weighted by molar-refractivity contribution is 6.30. The number of nitrogens with zero attached hydrogens (tertiary/aromatic N) is 1. The van der Waals surface area contributed by atoms with Crippen LogP contribution in [-0.4, -0.2) is 6.54 Å². The number of halogens is 2. The Morgan fingerprint density at radius 2 is 1.84 bits per heavy atom. The molecule has 0 heterocycles. The van der Waals surface area contributed by atoms with E-state index in [2.05, 4.69) is 4.90 Å². The van der Waals surface area contributed by atoms with Gasteiger partial charge in [-0.25, -0.2) is 4.39 Å². The van der Waals surface area contributed by atoms with Gasteiger partial charge in [0.25, 0.3) is 0 Å². The fraction of sp³-hybridized carbons (Fsp3) is 0.200. The lowest BCUT2D eigenvalue weighted by molar-refractivity contribution is 0.606. The van der Waals surface area contributed by atoms with Crippen LogP contribution in [0.3, 0.4) is 0 Å². The summed E-state index contributed by atoms with van der Waals surface area (Å²) in [7, 11) is 0. The molecule has 2 aromatic rings. The number of benzene rings is 2. The Labute approximate surface area is 117 Å². The molecule has 19 heavy (non-hydrogen) atoms. The van der Waals surface area contributed by atoms with Gasteiger partial charge in [-0.2, -0.15) is 0 Å². The summed E-state index contributed by atoms with van der Waals surface area (Å²) < 4.78 is 13.9. The van der Waals surface area contributed by atoms with E-state index in [1.54, 1.807) is 18.2 Å². The first-order valence-electron chi connectivity index (χ1n) is 6.15. The second-order valence-electron chi connectivity index (χ2n) is 4.32. The summed E-state index contributed by atoms with van der Waals surface area (Å²) in [6, 6.07) is 12.6. The molecule has 0 atom stereocenters. The zero-order valence-electron chi connectivity index (χ0n) is 10.7. The molecule has 0 amide bonds. The Hall–Kier alpha value is -1.74. The predicted molar refractivity (Wildman–Crippen MR) is 79.0 cm³/mol. The third kappa shape index (κ3) is 3.18. The lowest BCUT2D eigenvalue weighted by atomic mass is 10.1. The van der Waals surface area contributed by atoms with Crippen LogP contribution in [0.1, 0.15) is 12.5 Å². The van der Waals surface area contributed by atoms with Gasteiger partial charge in [-0.15, -0.1) is 0 Å². The van der Waals surface area contributed by atoms with Gasteiger partial charge in [-0.1, -0.05) is 23.7 Å². The fourth-order valence-corrected chi connectivity index (χ4v) is 2.14. The van der Waals surface area contributed by atoms with Crippen molar-refractivity contribution in [3.8, 4) is 0 Å². The van der Waals surface area contributed by atoms with Gasteiger partial charge >= 0.3 is 0 Å². The number of hydrogen-bond acceptors (Lipinski definition) is 2. The molecule has 0 saturated heterocycles. The van der Waals surface area contributed by atoms with Crippen LogP contribution in [0.25, 0.3) is 0 Å². The van der Waals surface area contributed by atoms with Gasteiger partial charge in [-0.05, 0) is 37.3 Å². The summed E-state index contributed by atoms with van der Waals surface area (Å²) >= 11 is 5.80. The molecule has 0 saturated carbocycles. The highest BCUT2D eigenvalue weighted by Crippen LogP contribution is 2.23. The lowest BCUT2D eigenvalue weighted by Gasteiger charge is -2.23. The van der Waals surface area contributed by atoms with E-state index < -0.39 is 0 Å². The zero-order chi connectivity index (χ0) is 13.8. The van der Waals surface area contributed by atoms with Crippen molar-refractivity contribution in [3.63, 3.8) is 0 Å². The molecular formula is C15H16ClFN2. The topological polar surface area (TPSA) is 29.3 Å². The highest BCUT2D eigenvalue weighted by atomic mass is 35.5. The summed E-state index contributed by atoms with van der Waals surface area (Å²) in [5.74, 6) is -0.349. The minimum Gasteiger partial charge on any atom is -0.399 e. The van der Waals surface area contributed by atoms with Crippen LogP contribution < -0.4 is 10.6 Å². The minimum absolute atomic E-state index is 0.158. The Morgan fingerprint density at radius 3 is 2.47 bits per heavy atom. The summed E-state index contributed by atoms with van der Waals surface area (Å²) in [6.45, 7) is 3.28. The minimum atomic E-state index is -0.349. The average Bonchev–Trinajstić information content (AvgIpc) is 2.42. The van der Waals surface area contributed by atoms with Crippen molar-refractivity contribution in [1.82, 2.24) is 0 Å². The smallest absolute Gasteiger partial charge is 0.146 e. The van der Waals surface area contributed by atoms with Crippen LogP contribution in [0.5, 0.6) is 0 Å². The van der Waals surface area contributed by atoms with E-state index in [0.717, 1.165) is 12.2 Å². The van der Waals surface area contributed by atoms with Crippen LogP contribution in [0.2, 0.25) is 5.02 Å². The maximum absolute atomic E-state index is 13.9. The van der Waals surface area contributed by atoms with E-state index in [9.17, 15) is 4.39 Å². The maximum atomic E-state index is 13.9. The van der Waals surface area contributed by atoms with Crippen molar-refractivity contribution in [2.75, 3.05) is 17.2 Å². The zero-order valence-corrected chi connectivity index (χ0v) is 11.5. The first-order valence-corrected chi connectivity index (χ1v) is 6.53. The molecule has 0 radical (unpaired) electrons. The molecule has 2 aromatic carbocycles. The van der Waals surface area contributed by atoms with E-state index >= 15 is 0 Å². The molecule has 0 aromatic heterocycles. The first kappa shape index (κ1) is 13.7. The molecule has 0 aliphatic rings. The van der Waals surface area contributed by atoms with Gasteiger partial charge in [-0.3, -0.25) is 0 Å². The average molecular weight is 279 g/mol. The van der Waals surface area contributed by atoms with Crippen molar-refractivity contribution in [3.05, 3.63) is 58.9 Å². The van der Waals surface area contributed by atoms with Gasteiger partial charge in [0.2, 0.25) is 0 Å². The molecule has 0 unspecified atom stereocenters. The number of nitrogens with two attached hydrogens (primary N) is 1. The molecule has 2 N–H and O–H groups in total. The van der Waals surface area contributed by atoms with Crippen LogP contribution in [0, 0.1) is 5.82 Å². The molecule has 2 nitrogen and oxygen atoms in total. The molecule has 0 bridgehead atoms. The summed E-state index contributed by atoms with van der Waals surface area (Å²) in [6.07, 6.45) is 0. The lowest BCUT2D eigenvalue weighted by Crippen LogP contribution is -2.22. The molecule has 0 spiro atoms. The van der Waals surface area contributed by atoms with Crippen molar-refractivity contribution < 1.29 is 4.39 Å². The predicted octanol–water partition coefficient (Wildman–Crippen LogP) is 4.09. The van der Waals surface area contributed by atoms with Gasteiger partial charge < -0.3 is 10.6 Å². The Kier molecular flexibility index (Phi) is 4.27. The van der Waals surface area contributed by atoms with E-state index in [1.165, 1.54) is 0 Å². The quantitative estimate of drug-likeness (QED) is 0.854. The monoisotopic (exact) mass is 278 g/mol. The molecule has 2 rings (SSSR count). The maximum Gasteiger partial charge on any atom is 0.146 e. The number of anilines is 2. The largest absolute Gasteiger partial charge is 0.399 e. The van der Waals surface area contributed by atoms with Crippen LogP contribution in [0.4, 0.5) is 15.8 Å². The number of rotatable bonds is 4. The van der Waals surface area contributed by atoms with E-state index in [4.69, 9.17) is 17.3 Å². The summed E-state index contributed by atoms with van der Waals surface area (Å²) in [4.78, 5) is 2.06. The van der Waals surface area contributed by atoms with Crippen molar-refractivity contribution in [2.45, 2.75) is 13.5 Å². The normalized spacial score (nSPS) is 10.5. The number of nitrogen functional groups attached to an aromatic ring is 1. The third-order valence-electron chi connectivity index (χ3n) is 3.03. The summed E-state index contributed by atoms with van der Waals surface area (Å²) in [5, 5.41) is 0.158. The molecule has 0 aliphatic carbocycles. The van der Waals surface area contributed by atoms with Crippen LogP contribution in [-0.2, 0) is 6.54 Å². The van der Waals surface area contributed by atoms with Gasteiger partial charge in [0.15, 0.2) is 0 Å². The van der Waals surface area contributed by atoms with Gasteiger partial charge in [0, 0.05) is 30.0 Å². The molecule has 4 heteroatoms. The van der Waals surface area contributed by atoms with E-state index in [1.807, 2.05) is 31.2 Å². The molecule has 100 valence electrons. The van der Waals surface area contributed by atoms with Crippen molar-refractivity contribution in [2.24, 2.45) is 0 Å². The first-order chi connectivity index (χ1) is 9.11. The van der Waals surface area contributed by atoms with Crippen molar-refractivity contribution >= 4 is 23.0 Å². The SMILES string of the molecule is CCN(Cc1cccc(Cl)c1F)c1ccc(N)cc1. The van der Waals surface area contributed by atoms with E-state index in [0.29, 0.717) is 17.8 Å². The third-order valence-corrected chi connectivity index (χ3v) is 3.32. The van der Waals surface area contributed by atoms with E-state index in [-0.39, 0.29) is 10.8 Å². The summed E-state index contributed by atoms with van der Waals surface area (Å²) in [5.41, 5.74) is 7.98. The van der Waals surface area contributed by atoms with Crippen molar-refractivity contribution in [1.29, 1.82) is 0 Å². The molecule has 0 fully saturated rings. The van der Waals surface area contributed by atoms with Gasteiger partial charge in [0.1, 0.15) is 5.82 Å². The second kappa shape index (κ2) is 5.93. The van der Waals surface area contributed by atoms with Gasteiger partial charge in [0.05, 0.1) is 5.02 Å². The molecule has 0 aliphatic heterocycles. The fourth-order valence-electron chi connectivity index (χ4n) is 1.95. The Balaban J connectivity index is 2.24. The van der Waals surface area contributed by atoms with Crippen LogP contribution >= 0.6 is 11.6 Å². The second-order valence-corrected chi connectivity index (χ2v) is 4.73. The Morgan fingerprint density at radius 1 is 1.16 bits per heavy atom. The molecular weight excluding hydrogens is 263 g/mol. The highest BCUT2D eigenvalue weighted by Gasteiger charge is 2.10.